The Kier molecular flexibility index (Phi) is 5.04. The van der Waals surface area contributed by atoms with Crippen molar-refractivity contribution in [1.29, 1.82) is 0 Å². The lowest BCUT2D eigenvalue weighted by atomic mass is 10.2. The first-order chi connectivity index (χ1) is 9.92. The highest BCUT2D eigenvalue weighted by Crippen LogP contribution is 2.23. The lowest BCUT2D eigenvalue weighted by molar-refractivity contribution is 0.579. The molecule has 0 aliphatic carbocycles. The number of nitrogens with two attached hydrogens (primary N) is 1. The summed E-state index contributed by atoms with van der Waals surface area (Å²) in [7, 11) is -3.63. The van der Waals surface area contributed by atoms with Crippen LogP contribution in [0.15, 0.2) is 39.8 Å². The van der Waals surface area contributed by atoms with Gasteiger partial charge in [0.05, 0.1) is 17.1 Å². The fraction of sp³-hybridized carbons (Fsp3) is 0.231. The minimum atomic E-state index is -3.63. The van der Waals surface area contributed by atoms with Crippen molar-refractivity contribution in [3.8, 4) is 0 Å². The van der Waals surface area contributed by atoms with Gasteiger partial charge < -0.3 is 5.73 Å². The normalized spacial score (nSPS) is 11.6. The van der Waals surface area contributed by atoms with Crippen molar-refractivity contribution in [1.82, 2.24) is 14.7 Å². The lowest BCUT2D eigenvalue weighted by Gasteiger charge is -2.09. The molecule has 1 heterocycles. The number of rotatable bonds is 5. The molecular formula is C13H15BrN4O2S. The van der Waals surface area contributed by atoms with E-state index < -0.39 is 10.0 Å². The second kappa shape index (κ2) is 6.61. The van der Waals surface area contributed by atoms with Crippen LogP contribution in [-0.2, 0) is 23.1 Å². The van der Waals surface area contributed by atoms with Crippen LogP contribution in [0.3, 0.4) is 0 Å². The molecule has 0 saturated heterocycles. The third kappa shape index (κ3) is 4.07. The molecular weight excluding hydrogens is 356 g/mol. The number of sulfonamides is 1. The summed E-state index contributed by atoms with van der Waals surface area (Å²) in [6.07, 6.45) is 1.60. The van der Waals surface area contributed by atoms with Crippen molar-refractivity contribution in [3.63, 3.8) is 0 Å². The van der Waals surface area contributed by atoms with Crippen LogP contribution in [0.1, 0.15) is 17.1 Å². The number of hydrogen-bond donors (Lipinski definition) is 2. The SMILES string of the molecule is Cc1nccc(CNS(=O)(=O)c2ccc(CN)cc2Br)n1. The standard InChI is InChI=1S/C13H15BrN4O2S/c1-9-16-5-4-11(18-9)8-17-21(19,20)13-3-2-10(7-15)6-12(13)14/h2-6,17H,7-8,15H2,1H3. The summed E-state index contributed by atoms with van der Waals surface area (Å²) in [5.41, 5.74) is 6.99. The maximum atomic E-state index is 12.3. The topological polar surface area (TPSA) is 98.0 Å². The van der Waals surface area contributed by atoms with E-state index in [2.05, 4.69) is 30.6 Å². The van der Waals surface area contributed by atoms with Gasteiger partial charge in [-0.15, -0.1) is 0 Å². The third-order valence-corrected chi connectivity index (χ3v) is 5.18. The van der Waals surface area contributed by atoms with Crippen LogP contribution in [0, 0.1) is 6.92 Å². The molecule has 0 spiro atoms. The number of aryl methyl sites for hydroxylation is 1. The average molecular weight is 371 g/mol. The monoisotopic (exact) mass is 370 g/mol. The Morgan fingerprint density at radius 3 is 2.71 bits per heavy atom. The number of nitrogens with zero attached hydrogens (tertiary/aromatic N) is 2. The van der Waals surface area contributed by atoms with Crippen LogP contribution in [-0.4, -0.2) is 18.4 Å². The lowest BCUT2D eigenvalue weighted by Crippen LogP contribution is -2.24. The first-order valence-corrected chi connectivity index (χ1v) is 8.46. The van der Waals surface area contributed by atoms with Crippen molar-refractivity contribution < 1.29 is 8.42 Å². The van der Waals surface area contributed by atoms with E-state index in [1.165, 1.54) is 6.07 Å². The Balaban J connectivity index is 2.19. The molecule has 0 radical (unpaired) electrons. The molecule has 0 fully saturated rings. The van der Waals surface area contributed by atoms with E-state index >= 15 is 0 Å². The van der Waals surface area contributed by atoms with Crippen molar-refractivity contribution in [2.24, 2.45) is 5.73 Å². The largest absolute Gasteiger partial charge is 0.326 e. The molecule has 21 heavy (non-hydrogen) atoms. The molecule has 0 saturated carbocycles. The van der Waals surface area contributed by atoms with Gasteiger partial charge in [-0.1, -0.05) is 6.07 Å². The van der Waals surface area contributed by atoms with E-state index in [0.29, 0.717) is 22.5 Å². The summed E-state index contributed by atoms with van der Waals surface area (Å²) < 4.78 is 27.6. The van der Waals surface area contributed by atoms with E-state index in [4.69, 9.17) is 5.73 Å². The molecule has 3 N–H and O–H groups in total. The first kappa shape index (κ1) is 16.0. The van der Waals surface area contributed by atoms with Gasteiger partial charge in [0, 0.05) is 17.2 Å². The molecule has 0 amide bonds. The number of nitrogens with one attached hydrogen (secondary N) is 1. The van der Waals surface area contributed by atoms with Crippen LogP contribution < -0.4 is 10.5 Å². The smallest absolute Gasteiger partial charge is 0.242 e. The summed E-state index contributed by atoms with van der Waals surface area (Å²) >= 11 is 3.26. The Labute approximate surface area is 132 Å². The van der Waals surface area contributed by atoms with E-state index in [-0.39, 0.29) is 11.4 Å². The Morgan fingerprint density at radius 1 is 1.33 bits per heavy atom. The predicted octanol–water partition coefficient (Wildman–Crippen LogP) is 1.48. The highest BCUT2D eigenvalue weighted by atomic mass is 79.9. The van der Waals surface area contributed by atoms with E-state index in [9.17, 15) is 8.42 Å². The zero-order valence-electron chi connectivity index (χ0n) is 11.4. The molecule has 0 aliphatic rings. The Bertz CT molecular complexity index is 750. The summed E-state index contributed by atoms with van der Waals surface area (Å²) in [6, 6.07) is 6.58. The van der Waals surface area contributed by atoms with Crippen LogP contribution in [0.25, 0.3) is 0 Å². The zero-order valence-corrected chi connectivity index (χ0v) is 13.8. The van der Waals surface area contributed by atoms with Crippen LogP contribution in [0.2, 0.25) is 0 Å². The molecule has 112 valence electrons. The van der Waals surface area contributed by atoms with E-state index in [0.717, 1.165) is 5.56 Å². The van der Waals surface area contributed by atoms with Gasteiger partial charge in [0.1, 0.15) is 5.82 Å². The van der Waals surface area contributed by atoms with Crippen molar-refractivity contribution in [3.05, 3.63) is 52.0 Å². The molecule has 2 aromatic rings. The van der Waals surface area contributed by atoms with E-state index in [1.54, 1.807) is 31.3 Å². The van der Waals surface area contributed by atoms with Gasteiger partial charge in [-0.05, 0) is 46.6 Å². The van der Waals surface area contributed by atoms with Gasteiger partial charge in [-0.3, -0.25) is 0 Å². The van der Waals surface area contributed by atoms with Crippen molar-refractivity contribution >= 4 is 26.0 Å². The number of hydrogen-bond acceptors (Lipinski definition) is 5. The fourth-order valence-electron chi connectivity index (χ4n) is 1.74. The molecule has 1 aromatic heterocycles. The minimum absolute atomic E-state index is 0.108. The van der Waals surface area contributed by atoms with Crippen molar-refractivity contribution in [2.45, 2.75) is 24.9 Å². The molecule has 8 heteroatoms. The van der Waals surface area contributed by atoms with Gasteiger partial charge in [0.15, 0.2) is 0 Å². The molecule has 1 aromatic carbocycles. The minimum Gasteiger partial charge on any atom is -0.326 e. The van der Waals surface area contributed by atoms with Crippen molar-refractivity contribution in [2.75, 3.05) is 0 Å². The summed E-state index contributed by atoms with van der Waals surface area (Å²) in [6.45, 7) is 2.21. The maximum Gasteiger partial charge on any atom is 0.242 e. The van der Waals surface area contributed by atoms with Crippen LogP contribution in [0.4, 0.5) is 0 Å². The molecule has 0 atom stereocenters. The molecule has 6 nitrogen and oxygen atoms in total. The third-order valence-electron chi connectivity index (χ3n) is 2.80. The average Bonchev–Trinajstić information content (AvgIpc) is 2.45. The number of halogens is 1. The number of benzene rings is 1. The molecule has 2 rings (SSSR count). The summed E-state index contributed by atoms with van der Waals surface area (Å²) in [4.78, 5) is 8.29. The summed E-state index contributed by atoms with van der Waals surface area (Å²) in [5, 5.41) is 0. The predicted molar refractivity (Wildman–Crippen MR) is 82.8 cm³/mol. The zero-order chi connectivity index (χ0) is 15.5. The van der Waals surface area contributed by atoms with Gasteiger partial charge in [0.2, 0.25) is 10.0 Å². The Morgan fingerprint density at radius 2 is 2.10 bits per heavy atom. The van der Waals surface area contributed by atoms with Crippen LogP contribution in [0.5, 0.6) is 0 Å². The highest BCUT2D eigenvalue weighted by Gasteiger charge is 2.17. The molecule has 0 aliphatic heterocycles. The van der Waals surface area contributed by atoms with Gasteiger partial charge >= 0.3 is 0 Å². The fourth-order valence-corrected chi connectivity index (χ4v) is 3.86. The first-order valence-electron chi connectivity index (χ1n) is 6.19. The highest BCUT2D eigenvalue weighted by molar-refractivity contribution is 9.10. The Hall–Kier alpha value is -1.35. The second-order valence-electron chi connectivity index (χ2n) is 4.39. The van der Waals surface area contributed by atoms with Crippen LogP contribution >= 0.6 is 15.9 Å². The number of aromatic nitrogens is 2. The summed E-state index contributed by atoms with van der Waals surface area (Å²) in [5.74, 6) is 0.597. The second-order valence-corrected chi connectivity index (χ2v) is 6.98. The quantitative estimate of drug-likeness (QED) is 0.830. The molecule has 0 bridgehead atoms. The van der Waals surface area contributed by atoms with E-state index in [1.807, 2.05) is 0 Å². The molecule has 0 unspecified atom stereocenters. The van der Waals surface area contributed by atoms with Gasteiger partial charge in [0.25, 0.3) is 0 Å². The maximum absolute atomic E-state index is 12.3. The van der Waals surface area contributed by atoms with Gasteiger partial charge in [-0.2, -0.15) is 0 Å². The van der Waals surface area contributed by atoms with Gasteiger partial charge in [-0.25, -0.2) is 23.1 Å².